The van der Waals surface area contributed by atoms with Gasteiger partial charge in [0.25, 0.3) is 0 Å². The number of rotatable bonds is 6. The topological polar surface area (TPSA) is 34.1 Å². The van der Waals surface area contributed by atoms with Gasteiger partial charge in [-0.05, 0) is 35.6 Å². The number of thiazole rings is 1. The maximum atomic E-state index is 4.94. The molecule has 0 fully saturated rings. The molecule has 5 heteroatoms. The van der Waals surface area contributed by atoms with Gasteiger partial charge in [0.15, 0.2) is 0 Å². The number of methoxy groups -OCH3 is 1. The second-order valence-electron chi connectivity index (χ2n) is 2.58. The molecule has 0 bridgehead atoms. The molecule has 0 saturated heterocycles. The fourth-order valence-corrected chi connectivity index (χ4v) is 2.42. The minimum atomic E-state index is 0.822. The molecule has 3 nitrogen and oxygen atoms in total. The first kappa shape index (κ1) is 11.4. The summed E-state index contributed by atoms with van der Waals surface area (Å²) >= 11 is 4.02. The summed E-state index contributed by atoms with van der Waals surface area (Å²) in [6, 6.07) is 0. The van der Waals surface area contributed by atoms with E-state index in [9.17, 15) is 0 Å². The molecule has 0 saturated carbocycles. The average Bonchev–Trinajstić information content (AvgIpc) is 2.51. The third kappa shape index (κ3) is 4.90. The predicted molar refractivity (Wildman–Crippen MR) is 63.0 cm³/mol. The Kier molecular flexibility index (Phi) is 5.85. The van der Waals surface area contributed by atoms with Crippen LogP contribution in [-0.4, -0.2) is 25.2 Å². The molecule has 74 valence electrons. The Morgan fingerprint density at radius 2 is 2.54 bits per heavy atom. The van der Waals surface area contributed by atoms with Crippen LogP contribution in [0, 0.1) is 2.88 Å². The molecule has 1 aromatic heterocycles. The van der Waals surface area contributed by atoms with E-state index in [1.807, 2.05) is 6.20 Å². The average molecular weight is 312 g/mol. The van der Waals surface area contributed by atoms with Crippen molar-refractivity contribution in [1.29, 1.82) is 0 Å². The zero-order valence-electron chi connectivity index (χ0n) is 7.55. The second-order valence-corrected chi connectivity index (χ2v) is 5.59. The Morgan fingerprint density at radius 1 is 1.69 bits per heavy atom. The van der Waals surface area contributed by atoms with Crippen LogP contribution in [0.3, 0.4) is 0 Å². The molecule has 0 atom stereocenters. The van der Waals surface area contributed by atoms with E-state index >= 15 is 0 Å². The molecule has 1 aromatic rings. The van der Waals surface area contributed by atoms with Gasteiger partial charge in [0.1, 0.15) is 5.01 Å². The van der Waals surface area contributed by atoms with Gasteiger partial charge in [0.2, 0.25) is 0 Å². The van der Waals surface area contributed by atoms with E-state index in [4.69, 9.17) is 4.74 Å². The van der Waals surface area contributed by atoms with Gasteiger partial charge in [0.05, 0.1) is 9.08 Å². The van der Waals surface area contributed by atoms with Gasteiger partial charge in [-0.2, -0.15) is 0 Å². The van der Waals surface area contributed by atoms with Crippen molar-refractivity contribution in [2.45, 2.75) is 13.0 Å². The quantitative estimate of drug-likeness (QED) is 0.643. The third-order valence-electron chi connectivity index (χ3n) is 1.50. The van der Waals surface area contributed by atoms with E-state index in [-0.39, 0.29) is 0 Å². The SMILES string of the molecule is COCCCNCc1ncc(I)s1. The van der Waals surface area contributed by atoms with Crippen molar-refractivity contribution in [3.63, 3.8) is 0 Å². The maximum Gasteiger partial charge on any atom is 0.107 e. The largest absolute Gasteiger partial charge is 0.385 e. The van der Waals surface area contributed by atoms with Crippen molar-refractivity contribution in [1.82, 2.24) is 10.3 Å². The smallest absolute Gasteiger partial charge is 0.107 e. The van der Waals surface area contributed by atoms with Crippen LogP contribution in [0.25, 0.3) is 0 Å². The van der Waals surface area contributed by atoms with Crippen molar-refractivity contribution in [2.75, 3.05) is 20.3 Å². The first-order chi connectivity index (χ1) is 6.33. The Labute approximate surface area is 96.0 Å². The first-order valence-corrected chi connectivity index (χ1v) is 6.02. The molecule has 1 heterocycles. The first-order valence-electron chi connectivity index (χ1n) is 4.13. The van der Waals surface area contributed by atoms with Crippen LogP contribution in [-0.2, 0) is 11.3 Å². The number of halogens is 1. The summed E-state index contributed by atoms with van der Waals surface area (Å²) < 4.78 is 6.19. The molecule has 0 unspecified atom stereocenters. The van der Waals surface area contributed by atoms with E-state index in [0.29, 0.717) is 0 Å². The number of aromatic nitrogens is 1. The van der Waals surface area contributed by atoms with Crippen LogP contribution in [0.2, 0.25) is 0 Å². The van der Waals surface area contributed by atoms with Crippen LogP contribution in [0.5, 0.6) is 0 Å². The lowest BCUT2D eigenvalue weighted by atomic mass is 10.4. The summed E-state index contributed by atoms with van der Waals surface area (Å²) in [5, 5.41) is 4.47. The molecule has 1 N–H and O–H groups in total. The molecule has 0 aliphatic carbocycles. The normalized spacial score (nSPS) is 10.6. The Bertz CT molecular complexity index is 242. The lowest BCUT2D eigenvalue weighted by molar-refractivity contribution is 0.194. The molecule has 0 radical (unpaired) electrons. The highest BCUT2D eigenvalue weighted by molar-refractivity contribution is 14.1. The fraction of sp³-hybridized carbons (Fsp3) is 0.625. The predicted octanol–water partition coefficient (Wildman–Crippen LogP) is 1.87. The lowest BCUT2D eigenvalue weighted by Crippen LogP contribution is -2.15. The highest BCUT2D eigenvalue weighted by Crippen LogP contribution is 2.14. The number of hydrogen-bond donors (Lipinski definition) is 1. The molecule has 0 spiro atoms. The molecule has 0 aliphatic heterocycles. The molecule has 0 aliphatic rings. The minimum absolute atomic E-state index is 0.822. The molecular formula is C8H13IN2OS. The van der Waals surface area contributed by atoms with Crippen molar-refractivity contribution >= 4 is 33.9 Å². The maximum absolute atomic E-state index is 4.94. The number of hydrogen-bond acceptors (Lipinski definition) is 4. The highest BCUT2D eigenvalue weighted by atomic mass is 127. The number of nitrogens with zero attached hydrogens (tertiary/aromatic N) is 1. The highest BCUT2D eigenvalue weighted by Gasteiger charge is 1.97. The third-order valence-corrected chi connectivity index (χ3v) is 3.23. The van der Waals surface area contributed by atoms with Gasteiger partial charge in [-0.1, -0.05) is 0 Å². The van der Waals surface area contributed by atoms with Gasteiger partial charge in [-0.3, -0.25) is 0 Å². The molecule has 1 rings (SSSR count). The van der Waals surface area contributed by atoms with Crippen LogP contribution >= 0.6 is 33.9 Å². The molecule has 13 heavy (non-hydrogen) atoms. The minimum Gasteiger partial charge on any atom is -0.385 e. The van der Waals surface area contributed by atoms with Crippen LogP contribution in [0.15, 0.2) is 6.20 Å². The van der Waals surface area contributed by atoms with Crippen LogP contribution in [0.1, 0.15) is 11.4 Å². The summed E-state index contributed by atoms with van der Waals surface area (Å²) in [7, 11) is 1.73. The molecule has 0 amide bonds. The van der Waals surface area contributed by atoms with Gasteiger partial charge < -0.3 is 10.1 Å². The van der Waals surface area contributed by atoms with E-state index < -0.39 is 0 Å². The van der Waals surface area contributed by atoms with Gasteiger partial charge >= 0.3 is 0 Å². The van der Waals surface area contributed by atoms with Gasteiger partial charge in [0, 0.05) is 20.3 Å². The lowest BCUT2D eigenvalue weighted by Gasteiger charge is -2.00. The van der Waals surface area contributed by atoms with Crippen molar-refractivity contribution in [3.8, 4) is 0 Å². The zero-order chi connectivity index (χ0) is 9.52. The van der Waals surface area contributed by atoms with Crippen molar-refractivity contribution in [2.24, 2.45) is 0 Å². The number of nitrogens with one attached hydrogen (secondary N) is 1. The van der Waals surface area contributed by atoms with Gasteiger partial charge in [-0.25, -0.2) is 4.98 Å². The summed E-state index contributed by atoms with van der Waals surface area (Å²) in [6.45, 7) is 2.68. The second kappa shape index (κ2) is 6.69. The summed E-state index contributed by atoms with van der Waals surface area (Å²) in [4.78, 5) is 4.25. The Morgan fingerprint density at radius 3 is 3.15 bits per heavy atom. The summed E-state index contributed by atoms with van der Waals surface area (Å²) in [5.41, 5.74) is 0. The standard InChI is InChI=1S/C8H13IN2OS/c1-12-4-2-3-10-6-8-11-5-7(9)13-8/h5,10H,2-4,6H2,1H3. The van der Waals surface area contributed by atoms with E-state index in [1.165, 1.54) is 2.88 Å². The molecular weight excluding hydrogens is 299 g/mol. The Balaban J connectivity index is 2.06. The van der Waals surface area contributed by atoms with Crippen molar-refractivity contribution in [3.05, 3.63) is 14.1 Å². The van der Waals surface area contributed by atoms with Crippen molar-refractivity contribution < 1.29 is 4.74 Å². The van der Waals surface area contributed by atoms with E-state index in [2.05, 4.69) is 32.9 Å². The monoisotopic (exact) mass is 312 g/mol. The summed E-state index contributed by atoms with van der Waals surface area (Å²) in [5.74, 6) is 0. The summed E-state index contributed by atoms with van der Waals surface area (Å²) in [6.07, 6.45) is 2.95. The van der Waals surface area contributed by atoms with Crippen LogP contribution < -0.4 is 5.32 Å². The van der Waals surface area contributed by atoms with Crippen LogP contribution in [0.4, 0.5) is 0 Å². The molecule has 0 aromatic carbocycles. The van der Waals surface area contributed by atoms with E-state index in [1.54, 1.807) is 18.4 Å². The fourth-order valence-electron chi connectivity index (χ4n) is 0.907. The van der Waals surface area contributed by atoms with Gasteiger partial charge in [-0.15, -0.1) is 11.3 Å². The Hall–Kier alpha value is 0.280. The number of ether oxygens (including phenoxy) is 1. The van der Waals surface area contributed by atoms with E-state index in [0.717, 1.165) is 31.1 Å². The zero-order valence-corrected chi connectivity index (χ0v) is 10.5.